The molecule has 4 heteroatoms. The van der Waals surface area contributed by atoms with E-state index in [0.29, 0.717) is 6.42 Å². The van der Waals surface area contributed by atoms with Crippen LogP contribution in [0.2, 0.25) is 0 Å². The largest absolute Gasteiger partial charge is 2.00 e. The van der Waals surface area contributed by atoms with E-state index in [-0.39, 0.29) is 28.9 Å². The van der Waals surface area contributed by atoms with Crippen LogP contribution in [0.3, 0.4) is 0 Å². The van der Waals surface area contributed by atoms with Crippen LogP contribution in [-0.4, -0.2) is 5.91 Å². The van der Waals surface area contributed by atoms with Gasteiger partial charge in [0.25, 0.3) is 0 Å². The normalized spacial score (nSPS) is 20.2. The second-order valence-corrected chi connectivity index (χ2v) is 6.54. The fraction of sp³-hybridized carbons (Fsp3) is 0.0952. The zero-order valence-corrected chi connectivity index (χ0v) is 16.2. The Labute approximate surface area is 168 Å². The Morgan fingerprint density at radius 3 is 2.36 bits per heavy atom. The number of allylic oxidation sites excluding steroid dienone is 8. The molecule has 4 rings (SSSR count). The zero-order chi connectivity index (χ0) is 16.8. The maximum Gasteiger partial charge on any atom is 2.00 e. The molecule has 1 N–H and O–H groups in total. The van der Waals surface area contributed by atoms with Crippen molar-refractivity contribution >= 4 is 21.8 Å². The van der Waals surface area contributed by atoms with Crippen LogP contribution < -0.4 is 5.32 Å². The van der Waals surface area contributed by atoms with E-state index >= 15 is 0 Å². The summed E-state index contributed by atoms with van der Waals surface area (Å²) in [4.78, 5) is 11.9. The Balaban J connectivity index is 0.000000325. The van der Waals surface area contributed by atoms with Crippen LogP contribution in [0.25, 0.3) is 0 Å². The van der Waals surface area contributed by atoms with Crippen LogP contribution in [0.1, 0.15) is 17.9 Å². The van der Waals surface area contributed by atoms with Crippen molar-refractivity contribution in [2.75, 3.05) is 0 Å². The fourth-order valence-corrected chi connectivity index (χ4v) is 2.93. The average molecular weight is 436 g/mol. The van der Waals surface area contributed by atoms with Gasteiger partial charge >= 0.3 is 17.1 Å². The van der Waals surface area contributed by atoms with Gasteiger partial charge in [-0.2, -0.15) is 12.0 Å². The van der Waals surface area contributed by atoms with Gasteiger partial charge in [-0.3, -0.25) is 4.79 Å². The summed E-state index contributed by atoms with van der Waals surface area (Å²) in [5, 5.41) is 2.94. The summed E-state index contributed by atoms with van der Waals surface area (Å²) < 4.78 is 1.05. The minimum absolute atomic E-state index is 0. The number of benzene rings is 1. The van der Waals surface area contributed by atoms with Crippen molar-refractivity contribution in [3.63, 3.8) is 0 Å². The van der Waals surface area contributed by atoms with Crippen molar-refractivity contribution in [3.8, 4) is 0 Å². The molecule has 0 spiro atoms. The molecule has 3 aliphatic rings. The molecule has 128 valence electrons. The number of hydrogen-bond acceptors (Lipinski definition) is 1. The minimum atomic E-state index is 0. The van der Waals surface area contributed by atoms with Gasteiger partial charge in [-0.05, 0) is 12.1 Å². The molecule has 1 aliphatic heterocycles. The molecule has 2 aliphatic carbocycles. The second-order valence-electron chi connectivity index (χ2n) is 5.63. The second kappa shape index (κ2) is 9.76. The first-order chi connectivity index (χ1) is 11.7. The molecule has 1 unspecified atom stereocenters. The van der Waals surface area contributed by atoms with E-state index in [1.54, 1.807) is 0 Å². The first kappa shape index (κ1) is 19.7. The maximum atomic E-state index is 11.9. The molecule has 1 atom stereocenters. The Bertz CT molecular complexity index is 696. The van der Waals surface area contributed by atoms with Crippen molar-refractivity contribution in [1.82, 2.24) is 5.32 Å². The van der Waals surface area contributed by atoms with Crippen molar-refractivity contribution in [2.24, 2.45) is 0 Å². The Kier molecular flexibility index (Phi) is 7.70. The first-order valence-electron chi connectivity index (χ1n) is 7.88. The van der Waals surface area contributed by atoms with E-state index in [9.17, 15) is 4.79 Å². The van der Waals surface area contributed by atoms with Gasteiger partial charge in [0.05, 0.1) is 0 Å². The SMILES string of the molecule is O=C1CC(c2ccc(Br)cc2)[CH-]C(=C2C=CC=C2)N1.[CH]1[CH][CH-]C=C1.[Fe+2]. The van der Waals surface area contributed by atoms with Crippen molar-refractivity contribution in [3.05, 3.63) is 108 Å². The summed E-state index contributed by atoms with van der Waals surface area (Å²) in [5.74, 6) is 0.221. The Hall–Kier alpha value is -1.61. The molecule has 0 aromatic heterocycles. The van der Waals surface area contributed by atoms with Crippen LogP contribution in [0.5, 0.6) is 0 Å². The summed E-state index contributed by atoms with van der Waals surface area (Å²) in [5.41, 5.74) is 3.14. The molecule has 25 heavy (non-hydrogen) atoms. The topological polar surface area (TPSA) is 29.1 Å². The number of nitrogens with one attached hydrogen (secondary N) is 1. The van der Waals surface area contributed by atoms with Gasteiger partial charge in [-0.25, -0.2) is 18.6 Å². The third-order valence-corrected chi connectivity index (χ3v) is 4.40. The molecule has 0 saturated carbocycles. The number of carbonyl (C=O) groups is 1. The summed E-state index contributed by atoms with van der Waals surface area (Å²) in [6.07, 6.45) is 20.6. The Morgan fingerprint density at radius 2 is 1.80 bits per heavy atom. The number of halogens is 1. The van der Waals surface area contributed by atoms with E-state index in [0.717, 1.165) is 15.7 Å². The predicted octanol–water partition coefficient (Wildman–Crippen LogP) is 4.80. The smallest absolute Gasteiger partial charge is 0.360 e. The molecule has 1 aromatic rings. The van der Waals surface area contributed by atoms with Crippen LogP contribution in [0, 0.1) is 25.7 Å². The maximum absolute atomic E-state index is 11.9. The third kappa shape index (κ3) is 5.71. The number of carbonyl (C=O) groups excluding carboxylic acids is 1. The van der Waals surface area contributed by atoms with Crippen LogP contribution in [0.15, 0.2) is 76.5 Å². The van der Waals surface area contributed by atoms with Crippen molar-refractivity contribution in [2.45, 2.75) is 12.3 Å². The van der Waals surface area contributed by atoms with E-state index in [1.807, 2.05) is 67.9 Å². The standard InChI is InChI=1S/C16H13BrNO.C5H5.Fe/c17-14-7-5-11(6-8-14)13-9-15(18-16(19)10-13)12-3-1-2-4-12;1-2-4-5-3-1;/h1-9,13H,10H2,(H,18,19);1-5H;/q2*-1;+2. The fourth-order valence-electron chi connectivity index (χ4n) is 2.67. The Morgan fingerprint density at radius 1 is 1.08 bits per heavy atom. The molecule has 1 amide bonds. The summed E-state index contributed by atoms with van der Waals surface area (Å²) in [6.45, 7) is 0. The van der Waals surface area contributed by atoms with Crippen molar-refractivity contribution < 1.29 is 21.9 Å². The van der Waals surface area contributed by atoms with Gasteiger partial charge in [-0.15, -0.1) is 30.7 Å². The van der Waals surface area contributed by atoms with Gasteiger partial charge in [0.15, 0.2) is 0 Å². The molecule has 2 radical (unpaired) electrons. The van der Waals surface area contributed by atoms with Crippen LogP contribution in [-0.2, 0) is 21.9 Å². The summed E-state index contributed by atoms with van der Waals surface area (Å²) in [7, 11) is 0. The molecule has 2 nitrogen and oxygen atoms in total. The number of hydrogen-bond donors (Lipinski definition) is 1. The average Bonchev–Trinajstić information content (AvgIpc) is 3.31. The third-order valence-electron chi connectivity index (χ3n) is 3.87. The molecule has 1 fully saturated rings. The molecule has 1 aromatic carbocycles. The summed E-state index contributed by atoms with van der Waals surface area (Å²) >= 11 is 3.43. The van der Waals surface area contributed by atoms with Gasteiger partial charge in [0, 0.05) is 10.9 Å². The number of rotatable bonds is 1. The quantitative estimate of drug-likeness (QED) is 0.498. The number of amides is 1. The monoisotopic (exact) mass is 435 g/mol. The van der Waals surface area contributed by atoms with E-state index in [2.05, 4.69) is 39.8 Å². The van der Waals surface area contributed by atoms with Gasteiger partial charge in [0.2, 0.25) is 5.91 Å². The summed E-state index contributed by atoms with van der Waals surface area (Å²) in [6, 6.07) is 8.15. The molecular formula is C21H18BrFeNO. The first-order valence-corrected chi connectivity index (χ1v) is 8.67. The molecule has 1 saturated heterocycles. The van der Waals surface area contributed by atoms with Crippen LogP contribution >= 0.6 is 15.9 Å². The van der Waals surface area contributed by atoms with Crippen molar-refractivity contribution in [1.29, 1.82) is 0 Å². The van der Waals surface area contributed by atoms with E-state index in [4.69, 9.17) is 0 Å². The van der Waals surface area contributed by atoms with Gasteiger partial charge in [0.1, 0.15) is 0 Å². The molecule has 1 heterocycles. The minimum Gasteiger partial charge on any atom is -0.360 e. The van der Waals surface area contributed by atoms with E-state index < -0.39 is 0 Å². The van der Waals surface area contributed by atoms with Gasteiger partial charge < -0.3 is 5.32 Å². The molecular weight excluding hydrogens is 418 g/mol. The van der Waals surface area contributed by atoms with Gasteiger partial charge in [-0.1, -0.05) is 51.7 Å². The van der Waals surface area contributed by atoms with Crippen LogP contribution in [0.4, 0.5) is 0 Å². The zero-order valence-electron chi connectivity index (χ0n) is 13.5. The molecule has 0 bridgehead atoms. The predicted molar refractivity (Wildman–Crippen MR) is 101 cm³/mol. The van der Waals surface area contributed by atoms with E-state index in [1.165, 1.54) is 5.56 Å². The number of piperidine rings is 1.